The zero-order valence-corrected chi connectivity index (χ0v) is 11.9. The van der Waals surface area contributed by atoms with Crippen molar-refractivity contribution in [1.82, 2.24) is 4.90 Å². The predicted molar refractivity (Wildman–Crippen MR) is 75.8 cm³/mol. The molecule has 0 unspecified atom stereocenters. The van der Waals surface area contributed by atoms with Gasteiger partial charge < -0.3 is 15.7 Å². The normalized spacial score (nSPS) is 11.9. The summed E-state index contributed by atoms with van der Waals surface area (Å²) in [4.78, 5) is 23.7. The summed E-state index contributed by atoms with van der Waals surface area (Å²) in [6.07, 6.45) is 0. The summed E-state index contributed by atoms with van der Waals surface area (Å²) in [5.74, 6) is -1.37. The first-order valence-electron chi connectivity index (χ1n) is 5.95. The first-order valence-corrected chi connectivity index (χ1v) is 7.10. The van der Waals surface area contributed by atoms with Crippen LogP contribution in [0.5, 0.6) is 0 Å². The van der Waals surface area contributed by atoms with Gasteiger partial charge in [0.25, 0.3) is 0 Å². The van der Waals surface area contributed by atoms with Crippen molar-refractivity contribution in [3.8, 4) is 0 Å². The van der Waals surface area contributed by atoms with Gasteiger partial charge in [-0.2, -0.15) is 0 Å². The van der Waals surface area contributed by atoms with E-state index in [1.54, 1.807) is 25.2 Å². The minimum atomic E-state index is -1.09. The van der Waals surface area contributed by atoms with Gasteiger partial charge in [-0.1, -0.05) is 18.2 Å². The van der Waals surface area contributed by atoms with Gasteiger partial charge in [-0.3, -0.25) is 9.59 Å². The van der Waals surface area contributed by atoms with E-state index in [0.29, 0.717) is 5.56 Å². The average Bonchev–Trinajstić information content (AvgIpc) is 2.40. The summed E-state index contributed by atoms with van der Waals surface area (Å²) in [6.45, 7) is 0.178. The monoisotopic (exact) mass is 300 g/mol. The molecular weight excluding hydrogens is 283 g/mol. The lowest BCUT2D eigenvalue weighted by Crippen LogP contribution is -2.34. The molecule has 0 bridgehead atoms. The molecule has 0 radical (unpaired) electrons. The van der Waals surface area contributed by atoms with Crippen LogP contribution in [0.4, 0.5) is 4.39 Å². The quantitative estimate of drug-likeness (QED) is 0.782. The number of carbonyl (C=O) groups is 2. The molecule has 1 aromatic rings. The molecule has 0 aliphatic rings. The lowest BCUT2D eigenvalue weighted by atomic mass is 10.2. The van der Waals surface area contributed by atoms with Crippen molar-refractivity contribution in [2.75, 3.05) is 18.6 Å². The topological polar surface area (TPSA) is 83.6 Å². The third-order valence-corrected chi connectivity index (χ3v) is 3.68. The molecule has 7 heteroatoms. The Morgan fingerprint density at radius 3 is 2.70 bits per heavy atom. The molecule has 0 aliphatic carbocycles. The lowest BCUT2D eigenvalue weighted by Gasteiger charge is -2.17. The first kappa shape index (κ1) is 16.5. The smallest absolute Gasteiger partial charge is 0.321 e. The van der Waals surface area contributed by atoms with E-state index in [2.05, 4.69) is 0 Å². The maximum absolute atomic E-state index is 13.4. The fourth-order valence-electron chi connectivity index (χ4n) is 1.43. The van der Waals surface area contributed by atoms with Gasteiger partial charge in [0, 0.05) is 24.9 Å². The number of halogens is 1. The minimum absolute atomic E-state index is 0.117. The van der Waals surface area contributed by atoms with Crippen molar-refractivity contribution >= 4 is 23.6 Å². The van der Waals surface area contributed by atoms with Crippen LogP contribution in [-0.4, -0.2) is 46.5 Å². The highest BCUT2D eigenvalue weighted by atomic mass is 32.2. The highest BCUT2D eigenvalue weighted by molar-refractivity contribution is 8.00. The number of carboxylic acid groups (broad SMARTS) is 1. The van der Waals surface area contributed by atoms with Crippen molar-refractivity contribution in [1.29, 1.82) is 0 Å². The molecule has 0 saturated carbocycles. The Labute approximate surface area is 120 Å². The maximum Gasteiger partial charge on any atom is 0.321 e. The van der Waals surface area contributed by atoms with Crippen molar-refractivity contribution < 1.29 is 19.1 Å². The van der Waals surface area contributed by atoms with Gasteiger partial charge in [0.05, 0.1) is 5.75 Å². The second kappa shape index (κ2) is 7.86. The van der Waals surface area contributed by atoms with E-state index in [1.165, 1.54) is 11.0 Å². The number of rotatable bonds is 7. The third kappa shape index (κ3) is 5.18. The Bertz CT molecular complexity index is 484. The molecule has 1 atom stereocenters. The molecule has 0 spiro atoms. The summed E-state index contributed by atoms with van der Waals surface area (Å²) in [6, 6.07) is 5.27. The number of thioether (sulfide) groups is 1. The predicted octanol–water partition coefficient (Wildman–Crippen LogP) is 0.929. The van der Waals surface area contributed by atoms with Gasteiger partial charge in [0.15, 0.2) is 0 Å². The molecule has 0 fully saturated rings. The molecule has 1 rings (SSSR count). The second-order valence-corrected chi connectivity index (χ2v) is 5.33. The zero-order valence-electron chi connectivity index (χ0n) is 11.1. The number of hydrogen-bond donors (Lipinski definition) is 2. The standard InChI is InChI=1S/C13H17FN2O3S/c1-16(6-9-4-2-3-5-10(9)14)12(17)8-20-7-11(15)13(18)19/h2-5,11H,6-8,15H2,1H3,(H,18,19)/t11-/m0/s1. The van der Waals surface area contributed by atoms with Crippen LogP contribution in [0.25, 0.3) is 0 Å². The maximum atomic E-state index is 13.4. The molecule has 1 aromatic carbocycles. The van der Waals surface area contributed by atoms with Gasteiger partial charge >= 0.3 is 5.97 Å². The van der Waals surface area contributed by atoms with Gasteiger partial charge in [-0.25, -0.2) is 4.39 Å². The number of hydrogen-bond acceptors (Lipinski definition) is 4. The van der Waals surface area contributed by atoms with Crippen LogP contribution in [0.3, 0.4) is 0 Å². The number of nitrogens with zero attached hydrogens (tertiary/aromatic N) is 1. The fourth-order valence-corrected chi connectivity index (χ4v) is 2.33. The highest BCUT2D eigenvalue weighted by Crippen LogP contribution is 2.10. The molecule has 3 N–H and O–H groups in total. The number of carbonyl (C=O) groups excluding carboxylic acids is 1. The van der Waals surface area contributed by atoms with E-state index < -0.39 is 12.0 Å². The molecule has 0 saturated heterocycles. The molecule has 5 nitrogen and oxygen atoms in total. The number of nitrogens with two attached hydrogens (primary N) is 1. The van der Waals surface area contributed by atoms with E-state index in [0.717, 1.165) is 11.8 Å². The van der Waals surface area contributed by atoms with Crippen molar-refractivity contribution in [3.05, 3.63) is 35.6 Å². The van der Waals surface area contributed by atoms with Crippen molar-refractivity contribution in [2.45, 2.75) is 12.6 Å². The van der Waals surface area contributed by atoms with E-state index in [1.807, 2.05) is 0 Å². The highest BCUT2D eigenvalue weighted by Gasteiger charge is 2.15. The summed E-state index contributed by atoms with van der Waals surface area (Å²) in [5, 5.41) is 8.61. The van der Waals surface area contributed by atoms with Crippen LogP contribution < -0.4 is 5.73 Å². The number of benzene rings is 1. The number of amides is 1. The van der Waals surface area contributed by atoms with Crippen molar-refractivity contribution in [3.63, 3.8) is 0 Å². The van der Waals surface area contributed by atoms with Crippen molar-refractivity contribution in [2.24, 2.45) is 5.73 Å². The van der Waals surface area contributed by atoms with Crippen LogP contribution in [0.2, 0.25) is 0 Å². The first-order chi connectivity index (χ1) is 9.41. The largest absolute Gasteiger partial charge is 0.480 e. The minimum Gasteiger partial charge on any atom is -0.480 e. The lowest BCUT2D eigenvalue weighted by molar-refractivity contribution is -0.138. The molecule has 110 valence electrons. The Morgan fingerprint density at radius 2 is 2.10 bits per heavy atom. The number of carboxylic acids is 1. The Kier molecular flexibility index (Phi) is 6.47. The Hall–Kier alpha value is -1.60. The van der Waals surface area contributed by atoms with Crippen LogP contribution in [-0.2, 0) is 16.1 Å². The molecular formula is C13H17FN2O3S. The van der Waals surface area contributed by atoms with E-state index in [4.69, 9.17) is 10.8 Å². The van der Waals surface area contributed by atoms with E-state index >= 15 is 0 Å². The Balaban J connectivity index is 2.40. The molecule has 1 amide bonds. The SMILES string of the molecule is CN(Cc1ccccc1F)C(=O)CSC[C@H](N)C(=O)O. The van der Waals surface area contributed by atoms with E-state index in [-0.39, 0.29) is 29.8 Å². The Morgan fingerprint density at radius 1 is 1.45 bits per heavy atom. The summed E-state index contributed by atoms with van der Waals surface area (Å²) in [5.41, 5.74) is 5.77. The summed E-state index contributed by atoms with van der Waals surface area (Å²) in [7, 11) is 1.58. The third-order valence-electron chi connectivity index (χ3n) is 2.63. The molecule has 0 aliphatic heterocycles. The fraction of sp³-hybridized carbons (Fsp3) is 0.385. The van der Waals surface area contributed by atoms with Gasteiger partial charge in [-0.05, 0) is 6.07 Å². The molecule has 0 heterocycles. The van der Waals surface area contributed by atoms with Gasteiger partial charge in [0.2, 0.25) is 5.91 Å². The summed E-state index contributed by atoms with van der Waals surface area (Å²) < 4.78 is 13.4. The molecule has 0 aromatic heterocycles. The van der Waals surface area contributed by atoms with Crippen LogP contribution in [0, 0.1) is 5.82 Å². The second-order valence-electron chi connectivity index (χ2n) is 4.30. The summed E-state index contributed by atoms with van der Waals surface area (Å²) >= 11 is 1.15. The zero-order chi connectivity index (χ0) is 15.1. The van der Waals surface area contributed by atoms with E-state index in [9.17, 15) is 14.0 Å². The van der Waals surface area contributed by atoms with Gasteiger partial charge in [-0.15, -0.1) is 11.8 Å². The molecule has 20 heavy (non-hydrogen) atoms. The van der Waals surface area contributed by atoms with Crippen LogP contribution in [0.15, 0.2) is 24.3 Å². The van der Waals surface area contributed by atoms with Gasteiger partial charge in [0.1, 0.15) is 11.9 Å². The van der Waals surface area contributed by atoms with Crippen LogP contribution in [0.1, 0.15) is 5.56 Å². The number of aliphatic carboxylic acids is 1. The average molecular weight is 300 g/mol. The van der Waals surface area contributed by atoms with Crippen LogP contribution >= 0.6 is 11.8 Å².